The van der Waals surface area contributed by atoms with Gasteiger partial charge >= 0.3 is 0 Å². The van der Waals surface area contributed by atoms with E-state index in [9.17, 15) is 0 Å². The smallest absolute Gasteiger partial charge is 0.0621 e. The first-order chi connectivity index (χ1) is 12.8. The van der Waals surface area contributed by atoms with E-state index in [1.807, 2.05) is 0 Å². The van der Waals surface area contributed by atoms with E-state index in [1.54, 1.807) is 25.7 Å². The molecule has 0 amide bonds. The van der Waals surface area contributed by atoms with Gasteiger partial charge in [-0.2, -0.15) is 5.26 Å². The standard InChI is InChI=1S/C25H43N/c1-2-3-5-20-7-11-22(12-8-20)24-15-17-25(18-16-24)23-13-9-21(10-14-23)6-4-19-26/h20-25H,2-18H2,1H3. The molecule has 3 aliphatic rings. The Kier molecular flexibility index (Phi) is 8.35. The Balaban J connectivity index is 1.33. The van der Waals surface area contributed by atoms with Crippen LogP contribution in [0.25, 0.3) is 0 Å². The summed E-state index contributed by atoms with van der Waals surface area (Å²) < 4.78 is 0. The topological polar surface area (TPSA) is 23.8 Å². The highest BCUT2D eigenvalue weighted by Gasteiger charge is 2.34. The number of hydrogen-bond acceptors (Lipinski definition) is 1. The maximum Gasteiger partial charge on any atom is 0.0621 e. The second kappa shape index (κ2) is 10.7. The highest BCUT2D eigenvalue weighted by Crippen LogP contribution is 2.46. The van der Waals surface area contributed by atoms with Gasteiger partial charge in [0, 0.05) is 6.42 Å². The molecular formula is C25H43N. The van der Waals surface area contributed by atoms with E-state index in [-0.39, 0.29) is 0 Å². The number of nitriles is 1. The molecule has 0 bridgehead atoms. The van der Waals surface area contributed by atoms with Gasteiger partial charge in [-0.05, 0) is 93.3 Å². The summed E-state index contributed by atoms with van der Waals surface area (Å²) in [4.78, 5) is 0. The van der Waals surface area contributed by atoms with Gasteiger partial charge in [0.2, 0.25) is 0 Å². The molecule has 0 unspecified atom stereocenters. The summed E-state index contributed by atoms with van der Waals surface area (Å²) in [7, 11) is 0. The molecule has 0 aromatic carbocycles. The predicted octanol–water partition coefficient (Wildman–Crippen LogP) is 7.90. The first-order valence-electron chi connectivity index (χ1n) is 12.2. The van der Waals surface area contributed by atoms with Crippen LogP contribution in [0, 0.1) is 46.8 Å². The molecular weight excluding hydrogens is 314 g/mol. The average Bonchev–Trinajstić information content (AvgIpc) is 2.72. The Morgan fingerprint density at radius 1 is 0.615 bits per heavy atom. The highest BCUT2D eigenvalue weighted by atomic mass is 14.4. The van der Waals surface area contributed by atoms with E-state index in [1.165, 1.54) is 70.6 Å². The Labute approximate surface area is 163 Å². The van der Waals surface area contributed by atoms with Gasteiger partial charge in [-0.1, -0.05) is 51.9 Å². The molecule has 3 saturated carbocycles. The fraction of sp³-hybridized carbons (Fsp3) is 0.960. The van der Waals surface area contributed by atoms with Crippen LogP contribution in [-0.2, 0) is 0 Å². The fourth-order valence-electron chi connectivity index (χ4n) is 6.75. The first kappa shape index (κ1) is 20.2. The number of hydrogen-bond donors (Lipinski definition) is 0. The minimum atomic E-state index is 0.779. The average molecular weight is 358 g/mol. The van der Waals surface area contributed by atoms with E-state index in [4.69, 9.17) is 5.26 Å². The van der Waals surface area contributed by atoms with Crippen molar-refractivity contribution in [3.63, 3.8) is 0 Å². The molecule has 0 heterocycles. The van der Waals surface area contributed by atoms with Crippen LogP contribution in [0.15, 0.2) is 0 Å². The monoisotopic (exact) mass is 357 g/mol. The van der Waals surface area contributed by atoms with Gasteiger partial charge in [-0.15, -0.1) is 0 Å². The van der Waals surface area contributed by atoms with E-state index in [0.717, 1.165) is 48.3 Å². The van der Waals surface area contributed by atoms with Crippen molar-refractivity contribution in [2.45, 2.75) is 116 Å². The Bertz CT molecular complexity index is 412. The maximum absolute atomic E-state index is 8.79. The van der Waals surface area contributed by atoms with E-state index in [0.29, 0.717) is 0 Å². The third-order valence-corrected chi connectivity index (χ3v) is 8.56. The molecule has 0 aromatic heterocycles. The molecule has 0 aromatic rings. The van der Waals surface area contributed by atoms with Gasteiger partial charge in [0.05, 0.1) is 6.07 Å². The Morgan fingerprint density at radius 3 is 1.38 bits per heavy atom. The van der Waals surface area contributed by atoms with Crippen molar-refractivity contribution in [1.29, 1.82) is 5.26 Å². The third-order valence-electron chi connectivity index (χ3n) is 8.56. The molecule has 26 heavy (non-hydrogen) atoms. The van der Waals surface area contributed by atoms with Crippen molar-refractivity contribution in [1.82, 2.24) is 0 Å². The van der Waals surface area contributed by atoms with Gasteiger partial charge in [0.15, 0.2) is 0 Å². The van der Waals surface area contributed by atoms with Crippen LogP contribution in [0.2, 0.25) is 0 Å². The summed E-state index contributed by atoms with van der Waals surface area (Å²) in [5.41, 5.74) is 0. The summed E-state index contributed by atoms with van der Waals surface area (Å²) in [5, 5.41) is 8.79. The van der Waals surface area contributed by atoms with Crippen molar-refractivity contribution in [2.24, 2.45) is 35.5 Å². The summed E-state index contributed by atoms with van der Waals surface area (Å²) >= 11 is 0. The lowest BCUT2D eigenvalue weighted by molar-refractivity contribution is 0.102. The zero-order valence-electron chi connectivity index (χ0n) is 17.4. The third kappa shape index (κ3) is 5.74. The van der Waals surface area contributed by atoms with Crippen molar-refractivity contribution < 1.29 is 0 Å². The second-order valence-corrected chi connectivity index (χ2v) is 10.1. The lowest BCUT2D eigenvalue weighted by Gasteiger charge is -2.41. The molecule has 1 nitrogen and oxygen atoms in total. The van der Waals surface area contributed by atoms with Crippen molar-refractivity contribution >= 4 is 0 Å². The first-order valence-corrected chi connectivity index (χ1v) is 12.2. The zero-order chi connectivity index (χ0) is 18.2. The number of rotatable bonds is 7. The van der Waals surface area contributed by atoms with Gasteiger partial charge < -0.3 is 0 Å². The van der Waals surface area contributed by atoms with Crippen LogP contribution in [0.5, 0.6) is 0 Å². The minimum Gasteiger partial charge on any atom is -0.198 e. The SMILES string of the molecule is CCCCC1CCC(C2CCC(C3CCC(CCC#N)CC3)CC2)CC1. The molecule has 3 fully saturated rings. The molecule has 0 spiro atoms. The molecule has 0 aliphatic heterocycles. The van der Waals surface area contributed by atoms with Crippen molar-refractivity contribution in [2.75, 3.05) is 0 Å². The lowest BCUT2D eigenvalue weighted by atomic mass is 9.64. The molecule has 3 aliphatic carbocycles. The van der Waals surface area contributed by atoms with E-state index >= 15 is 0 Å². The molecule has 0 saturated heterocycles. The molecule has 0 atom stereocenters. The summed E-state index contributed by atoms with van der Waals surface area (Å²) in [6.07, 6.45) is 24.4. The predicted molar refractivity (Wildman–Crippen MR) is 111 cm³/mol. The van der Waals surface area contributed by atoms with Gasteiger partial charge in [-0.25, -0.2) is 0 Å². The van der Waals surface area contributed by atoms with Crippen LogP contribution >= 0.6 is 0 Å². The summed E-state index contributed by atoms with van der Waals surface area (Å²) in [5.74, 6) is 6.16. The molecule has 1 heteroatoms. The highest BCUT2D eigenvalue weighted by molar-refractivity contribution is 4.86. The molecule has 3 rings (SSSR count). The minimum absolute atomic E-state index is 0.779. The van der Waals surface area contributed by atoms with Crippen LogP contribution in [0.3, 0.4) is 0 Å². The van der Waals surface area contributed by atoms with Crippen molar-refractivity contribution in [3.8, 4) is 6.07 Å². The van der Waals surface area contributed by atoms with E-state index < -0.39 is 0 Å². The Hall–Kier alpha value is -0.510. The molecule has 0 N–H and O–H groups in total. The number of unbranched alkanes of at least 4 members (excludes halogenated alkanes) is 1. The van der Waals surface area contributed by atoms with E-state index in [2.05, 4.69) is 13.0 Å². The number of nitrogens with zero attached hydrogens (tertiary/aromatic N) is 1. The van der Waals surface area contributed by atoms with Crippen molar-refractivity contribution in [3.05, 3.63) is 0 Å². The van der Waals surface area contributed by atoms with Gasteiger partial charge in [0.25, 0.3) is 0 Å². The van der Waals surface area contributed by atoms with Crippen LogP contribution in [-0.4, -0.2) is 0 Å². The maximum atomic E-state index is 8.79. The van der Waals surface area contributed by atoms with Crippen LogP contribution < -0.4 is 0 Å². The summed E-state index contributed by atoms with van der Waals surface area (Å²) in [6.45, 7) is 2.34. The normalized spacial score (nSPS) is 38.6. The fourth-order valence-corrected chi connectivity index (χ4v) is 6.75. The van der Waals surface area contributed by atoms with Gasteiger partial charge in [0.1, 0.15) is 0 Å². The van der Waals surface area contributed by atoms with Crippen LogP contribution in [0.4, 0.5) is 0 Å². The quantitative estimate of drug-likeness (QED) is 0.454. The largest absolute Gasteiger partial charge is 0.198 e. The Morgan fingerprint density at radius 2 is 1.00 bits per heavy atom. The lowest BCUT2D eigenvalue weighted by Crippen LogP contribution is -2.29. The molecule has 0 radical (unpaired) electrons. The molecule has 148 valence electrons. The zero-order valence-corrected chi connectivity index (χ0v) is 17.4. The van der Waals surface area contributed by atoms with Crippen LogP contribution in [0.1, 0.15) is 116 Å². The van der Waals surface area contributed by atoms with Gasteiger partial charge in [-0.3, -0.25) is 0 Å². The summed E-state index contributed by atoms with van der Waals surface area (Å²) in [6, 6.07) is 2.34. The second-order valence-electron chi connectivity index (χ2n) is 10.1.